The first-order valence-corrected chi connectivity index (χ1v) is 10.6. The Morgan fingerprint density at radius 2 is 1.69 bits per heavy atom. The maximum Gasteiger partial charge on any atom is 0.298 e. The number of hydrogen-bond donors (Lipinski definition) is 1. The summed E-state index contributed by atoms with van der Waals surface area (Å²) < 4.78 is 11.3. The van der Waals surface area contributed by atoms with Gasteiger partial charge in [-0.3, -0.25) is 9.59 Å². The zero-order chi connectivity index (χ0) is 22.1. The molecule has 32 heavy (non-hydrogen) atoms. The maximum atomic E-state index is 13.3. The van der Waals surface area contributed by atoms with Gasteiger partial charge in [0, 0.05) is 32.8 Å². The number of thiophene rings is 1. The lowest BCUT2D eigenvalue weighted by atomic mass is 9.97. The predicted octanol–water partition coefficient (Wildman–Crippen LogP) is 6.30. The second-order valence-electron chi connectivity index (χ2n) is 7.09. The highest BCUT2D eigenvalue weighted by Gasteiger charge is 2.21. The number of benzene rings is 3. The van der Waals surface area contributed by atoms with Crippen LogP contribution < -0.4 is 4.74 Å². The van der Waals surface area contributed by atoms with Crippen LogP contribution in [-0.2, 0) is 4.79 Å². The number of hydrogen-bond acceptors (Lipinski definition) is 6. The Balaban J connectivity index is 1.64. The molecule has 5 nitrogen and oxygen atoms in total. The molecule has 6 heteroatoms. The molecule has 0 aliphatic heterocycles. The Labute approximate surface area is 187 Å². The van der Waals surface area contributed by atoms with Gasteiger partial charge in [-0.2, -0.15) is 0 Å². The van der Waals surface area contributed by atoms with E-state index in [1.807, 2.05) is 48.5 Å². The van der Waals surface area contributed by atoms with Crippen LogP contribution in [0.4, 0.5) is 0 Å². The number of rotatable bonds is 6. The van der Waals surface area contributed by atoms with Gasteiger partial charge in [0.05, 0.1) is 11.1 Å². The number of phenolic OH excluding ortho intramolecular Hbond substituents is 1. The first kappa shape index (κ1) is 19.8. The normalized spacial score (nSPS) is 10.9. The van der Waals surface area contributed by atoms with Crippen molar-refractivity contribution in [2.24, 2.45) is 0 Å². The van der Waals surface area contributed by atoms with E-state index in [-0.39, 0.29) is 11.5 Å². The smallest absolute Gasteiger partial charge is 0.298 e. The van der Waals surface area contributed by atoms with E-state index in [0.29, 0.717) is 28.4 Å². The van der Waals surface area contributed by atoms with Crippen LogP contribution in [0.1, 0.15) is 15.2 Å². The van der Waals surface area contributed by atoms with Crippen LogP contribution in [0, 0.1) is 0 Å². The summed E-state index contributed by atoms with van der Waals surface area (Å²) in [6.45, 7) is 0.358. The molecule has 2 aromatic heterocycles. The summed E-state index contributed by atoms with van der Waals surface area (Å²) in [7, 11) is 0. The fraction of sp³-hybridized carbons (Fsp3) is 0. The minimum Gasteiger partial charge on any atom is -0.508 e. The molecule has 0 aliphatic rings. The molecule has 5 rings (SSSR count). The van der Waals surface area contributed by atoms with Crippen LogP contribution in [0.15, 0.2) is 89.5 Å². The van der Waals surface area contributed by atoms with Crippen LogP contribution in [0.5, 0.6) is 11.5 Å². The van der Waals surface area contributed by atoms with Gasteiger partial charge in [0.25, 0.3) is 6.47 Å². The molecule has 0 atom stereocenters. The lowest BCUT2D eigenvalue weighted by Crippen LogP contribution is -2.00. The maximum absolute atomic E-state index is 13.3. The Morgan fingerprint density at radius 1 is 0.938 bits per heavy atom. The third-order valence-electron chi connectivity index (χ3n) is 5.16. The Bertz CT molecular complexity index is 1430. The van der Waals surface area contributed by atoms with Gasteiger partial charge in [-0.05, 0) is 23.8 Å². The van der Waals surface area contributed by atoms with Gasteiger partial charge < -0.3 is 14.3 Å². The van der Waals surface area contributed by atoms with Gasteiger partial charge in [-0.15, -0.1) is 11.3 Å². The van der Waals surface area contributed by atoms with Crippen molar-refractivity contribution in [2.45, 2.75) is 0 Å². The van der Waals surface area contributed by atoms with Gasteiger partial charge in [0.15, 0.2) is 11.5 Å². The quantitative estimate of drug-likeness (QED) is 0.248. The highest BCUT2D eigenvalue weighted by atomic mass is 32.1. The summed E-state index contributed by atoms with van der Waals surface area (Å²) in [6.07, 6.45) is 1.46. The zero-order valence-electron chi connectivity index (χ0n) is 16.6. The van der Waals surface area contributed by atoms with Crippen molar-refractivity contribution in [3.05, 3.63) is 95.6 Å². The summed E-state index contributed by atoms with van der Waals surface area (Å²) >= 11 is 1.36. The van der Waals surface area contributed by atoms with Crippen molar-refractivity contribution in [3.63, 3.8) is 0 Å². The molecule has 0 saturated carbocycles. The lowest BCUT2D eigenvalue weighted by molar-refractivity contribution is -0.120. The third-order valence-corrected chi connectivity index (χ3v) is 6.31. The highest BCUT2D eigenvalue weighted by Crippen LogP contribution is 2.42. The van der Waals surface area contributed by atoms with E-state index in [1.54, 1.807) is 30.3 Å². The largest absolute Gasteiger partial charge is 0.508 e. The second kappa shape index (κ2) is 8.17. The number of carbonyl (C=O) groups excluding carboxylic acids is 2. The first-order chi connectivity index (χ1) is 15.7. The van der Waals surface area contributed by atoms with Crippen molar-refractivity contribution in [1.29, 1.82) is 0 Å². The molecular formula is C26H16O5S. The Hall–Kier alpha value is -4.16. The van der Waals surface area contributed by atoms with Gasteiger partial charge in [0.2, 0.25) is 5.78 Å². The molecule has 0 amide bonds. The molecule has 0 saturated heterocycles. The minimum absolute atomic E-state index is 0.0712. The molecule has 0 unspecified atom stereocenters. The predicted molar refractivity (Wildman–Crippen MR) is 123 cm³/mol. The monoisotopic (exact) mass is 440 g/mol. The topological polar surface area (TPSA) is 76.7 Å². The van der Waals surface area contributed by atoms with Crippen LogP contribution in [-0.4, -0.2) is 17.4 Å². The zero-order valence-corrected chi connectivity index (χ0v) is 17.5. The molecule has 2 heterocycles. The summed E-state index contributed by atoms with van der Waals surface area (Å²) in [5.41, 5.74) is 3.01. The van der Waals surface area contributed by atoms with Crippen molar-refractivity contribution in [1.82, 2.24) is 0 Å². The molecule has 0 spiro atoms. The van der Waals surface area contributed by atoms with E-state index in [2.05, 4.69) is 0 Å². The number of aromatic hydroxyl groups is 1. The van der Waals surface area contributed by atoms with Crippen LogP contribution in [0.3, 0.4) is 0 Å². The van der Waals surface area contributed by atoms with Gasteiger partial charge in [0.1, 0.15) is 5.75 Å². The van der Waals surface area contributed by atoms with Gasteiger partial charge in [-0.1, -0.05) is 54.6 Å². The number of furan rings is 1. The van der Waals surface area contributed by atoms with Crippen LogP contribution >= 0.6 is 11.3 Å². The molecule has 156 valence electrons. The molecule has 0 radical (unpaired) electrons. The lowest BCUT2D eigenvalue weighted by Gasteiger charge is -2.07. The number of ether oxygens (including phenoxy) is 1. The molecule has 0 aliphatic carbocycles. The summed E-state index contributed by atoms with van der Waals surface area (Å²) in [5.74, 6) is 0.867. The minimum atomic E-state index is -0.0712. The van der Waals surface area contributed by atoms with Gasteiger partial charge >= 0.3 is 0 Å². The highest BCUT2D eigenvalue weighted by molar-refractivity contribution is 7.21. The summed E-state index contributed by atoms with van der Waals surface area (Å²) in [6, 6.07) is 23.3. The number of fused-ring (bicyclic) bond motifs is 1. The van der Waals surface area contributed by atoms with Crippen molar-refractivity contribution >= 4 is 33.7 Å². The second-order valence-corrected chi connectivity index (χ2v) is 8.14. The fourth-order valence-electron chi connectivity index (χ4n) is 3.69. The Morgan fingerprint density at radius 3 is 2.44 bits per heavy atom. The summed E-state index contributed by atoms with van der Waals surface area (Å²) in [5, 5.41) is 10.8. The first-order valence-electron chi connectivity index (χ1n) is 9.79. The molecule has 5 aromatic rings. The average Bonchev–Trinajstić information content (AvgIpc) is 3.44. The number of phenols is 1. The van der Waals surface area contributed by atoms with E-state index < -0.39 is 0 Å². The van der Waals surface area contributed by atoms with E-state index in [1.165, 1.54) is 17.6 Å². The van der Waals surface area contributed by atoms with E-state index in [4.69, 9.17) is 9.15 Å². The van der Waals surface area contributed by atoms with Crippen LogP contribution in [0.25, 0.3) is 32.5 Å². The average molecular weight is 440 g/mol. The molecule has 3 aromatic carbocycles. The third kappa shape index (κ3) is 3.46. The summed E-state index contributed by atoms with van der Waals surface area (Å²) in [4.78, 5) is 24.7. The molecule has 0 bridgehead atoms. The fourth-order valence-corrected chi connectivity index (χ4v) is 4.91. The van der Waals surface area contributed by atoms with Crippen molar-refractivity contribution in [3.8, 4) is 33.9 Å². The Kier molecular flexibility index (Phi) is 5.05. The van der Waals surface area contributed by atoms with Crippen molar-refractivity contribution < 1.29 is 23.8 Å². The van der Waals surface area contributed by atoms with Gasteiger partial charge in [-0.25, -0.2) is 0 Å². The number of carbonyl (C=O) groups is 2. The van der Waals surface area contributed by atoms with Crippen molar-refractivity contribution in [2.75, 3.05) is 0 Å². The number of ketones is 1. The van der Waals surface area contributed by atoms with Crippen LogP contribution in [0.2, 0.25) is 0 Å². The van der Waals surface area contributed by atoms with E-state index in [0.717, 1.165) is 26.8 Å². The molecule has 0 fully saturated rings. The molecular weight excluding hydrogens is 424 g/mol. The molecule has 1 N–H and O–H groups in total. The SMILES string of the molecule is O=COc1ccoc1-c1ccc(-c2c(C(=O)c3ccccc3)sc3cc(O)ccc23)cc1. The standard InChI is InChI=1S/C26H16O5S/c27-15-31-21-12-13-30-25(21)18-8-6-16(7-9-18)23-20-11-10-19(28)14-22(20)32-26(23)24(29)17-4-2-1-3-5-17/h1-15,28H. The van der Waals surface area contributed by atoms with E-state index >= 15 is 0 Å². The van der Waals surface area contributed by atoms with E-state index in [9.17, 15) is 14.7 Å².